The van der Waals surface area contributed by atoms with E-state index in [2.05, 4.69) is 13.8 Å². The molecule has 0 aromatic rings. The largest absolute Gasteiger partial charge is 0.298 e. The smallest absolute Gasteiger partial charge is 0.144 e. The van der Waals surface area contributed by atoms with Crippen molar-refractivity contribution in [2.24, 2.45) is 16.7 Å². The fourth-order valence-corrected chi connectivity index (χ4v) is 2.70. The van der Waals surface area contributed by atoms with E-state index in [1.165, 1.54) is 19.3 Å². The van der Waals surface area contributed by atoms with Gasteiger partial charge in [-0.3, -0.25) is 4.79 Å². The normalized spacial score (nSPS) is 34.2. The summed E-state index contributed by atoms with van der Waals surface area (Å²) in [6.45, 7) is 10.5. The summed E-state index contributed by atoms with van der Waals surface area (Å²) in [7, 11) is 0. The van der Waals surface area contributed by atoms with Gasteiger partial charge in [-0.2, -0.15) is 0 Å². The Morgan fingerprint density at radius 1 is 1.29 bits per heavy atom. The zero-order chi connectivity index (χ0) is 11.0. The summed E-state index contributed by atoms with van der Waals surface area (Å²) in [6.07, 6.45) is 4.83. The lowest BCUT2D eigenvalue weighted by Gasteiger charge is -2.42. The summed E-state index contributed by atoms with van der Waals surface area (Å²) in [5.41, 5.74) is -0.239. The first-order valence-electron chi connectivity index (χ1n) is 5.83. The van der Waals surface area contributed by atoms with Gasteiger partial charge >= 0.3 is 0 Å². The van der Waals surface area contributed by atoms with Crippen molar-refractivity contribution in [1.29, 1.82) is 0 Å². The van der Waals surface area contributed by atoms with Gasteiger partial charge in [0.05, 0.1) is 0 Å². The quantitative estimate of drug-likeness (QED) is 0.623. The Hall–Kier alpha value is -0.330. The molecule has 0 saturated heterocycles. The Bertz CT molecular complexity index is 224. The third-order valence-corrected chi connectivity index (χ3v) is 3.87. The molecule has 0 aromatic carbocycles. The van der Waals surface area contributed by atoms with E-state index in [0.29, 0.717) is 11.7 Å². The zero-order valence-corrected chi connectivity index (χ0v) is 10.3. The maximum absolute atomic E-state index is 12.4. The summed E-state index contributed by atoms with van der Waals surface area (Å²) >= 11 is 0. The van der Waals surface area contributed by atoms with Crippen molar-refractivity contribution in [2.45, 2.75) is 60.3 Å². The topological polar surface area (TPSA) is 17.1 Å². The predicted molar refractivity (Wildman–Crippen MR) is 60.2 cm³/mol. The van der Waals surface area contributed by atoms with Gasteiger partial charge in [-0.1, -0.05) is 47.5 Å². The van der Waals surface area contributed by atoms with E-state index in [-0.39, 0.29) is 10.8 Å². The van der Waals surface area contributed by atoms with E-state index in [0.717, 1.165) is 6.42 Å². The first-order chi connectivity index (χ1) is 6.28. The van der Waals surface area contributed by atoms with Crippen molar-refractivity contribution in [2.75, 3.05) is 0 Å². The Morgan fingerprint density at radius 2 is 1.86 bits per heavy atom. The SMILES string of the molecule is C[C@H]1CCCC[C@]1(C)C(=O)C(C)(C)C. The highest BCUT2D eigenvalue weighted by Crippen LogP contribution is 2.45. The van der Waals surface area contributed by atoms with Crippen LogP contribution in [0.25, 0.3) is 0 Å². The second-order valence-corrected chi connectivity index (χ2v) is 6.14. The highest BCUT2D eigenvalue weighted by atomic mass is 16.1. The van der Waals surface area contributed by atoms with Gasteiger partial charge in [0, 0.05) is 10.8 Å². The zero-order valence-electron chi connectivity index (χ0n) is 10.3. The van der Waals surface area contributed by atoms with E-state index < -0.39 is 0 Å². The van der Waals surface area contributed by atoms with Crippen LogP contribution in [0.4, 0.5) is 0 Å². The molecule has 0 bridgehead atoms. The van der Waals surface area contributed by atoms with E-state index in [4.69, 9.17) is 0 Å². The fourth-order valence-electron chi connectivity index (χ4n) is 2.70. The third-order valence-electron chi connectivity index (χ3n) is 3.87. The van der Waals surface area contributed by atoms with Crippen LogP contribution in [0.2, 0.25) is 0 Å². The molecule has 1 nitrogen and oxygen atoms in total. The van der Waals surface area contributed by atoms with Gasteiger partial charge in [-0.05, 0) is 18.8 Å². The number of hydrogen-bond donors (Lipinski definition) is 0. The van der Waals surface area contributed by atoms with Crippen molar-refractivity contribution in [3.63, 3.8) is 0 Å². The van der Waals surface area contributed by atoms with Crippen LogP contribution < -0.4 is 0 Å². The summed E-state index contributed by atoms with van der Waals surface area (Å²) in [5, 5.41) is 0. The predicted octanol–water partition coefficient (Wildman–Crippen LogP) is 3.82. The van der Waals surface area contributed by atoms with Crippen LogP contribution in [-0.4, -0.2) is 5.78 Å². The molecule has 14 heavy (non-hydrogen) atoms. The van der Waals surface area contributed by atoms with E-state index in [9.17, 15) is 4.79 Å². The minimum atomic E-state index is -0.180. The van der Waals surface area contributed by atoms with Gasteiger partial charge in [-0.15, -0.1) is 0 Å². The molecular weight excluding hydrogens is 172 g/mol. The van der Waals surface area contributed by atoms with Gasteiger partial charge < -0.3 is 0 Å². The molecule has 0 spiro atoms. The number of ketones is 1. The second-order valence-electron chi connectivity index (χ2n) is 6.14. The summed E-state index contributed by atoms with van der Waals surface area (Å²) in [5.74, 6) is 1.01. The molecular formula is C13H24O. The highest BCUT2D eigenvalue weighted by molar-refractivity contribution is 5.89. The van der Waals surface area contributed by atoms with Gasteiger partial charge in [0.1, 0.15) is 5.78 Å². The van der Waals surface area contributed by atoms with Gasteiger partial charge in [-0.25, -0.2) is 0 Å². The molecule has 0 heterocycles. The van der Waals surface area contributed by atoms with Crippen LogP contribution in [0.5, 0.6) is 0 Å². The molecule has 0 aliphatic heterocycles. The van der Waals surface area contributed by atoms with Crippen LogP contribution in [-0.2, 0) is 4.79 Å². The van der Waals surface area contributed by atoms with E-state index in [1.54, 1.807) is 0 Å². The molecule has 0 unspecified atom stereocenters. The summed E-state index contributed by atoms with van der Waals surface area (Å²) in [4.78, 5) is 12.4. The van der Waals surface area contributed by atoms with Crippen LogP contribution in [0.3, 0.4) is 0 Å². The standard InChI is InChI=1S/C13H24O/c1-10-8-6-7-9-13(10,5)11(14)12(2,3)4/h10H,6-9H2,1-5H3/t10-,13-/m0/s1. The summed E-state index contributed by atoms with van der Waals surface area (Å²) < 4.78 is 0. The number of hydrogen-bond acceptors (Lipinski definition) is 1. The summed E-state index contributed by atoms with van der Waals surface area (Å²) in [6, 6.07) is 0. The lowest BCUT2D eigenvalue weighted by atomic mass is 9.61. The molecule has 1 heteroatoms. The molecule has 0 aromatic heterocycles. The lowest BCUT2D eigenvalue weighted by Crippen LogP contribution is -2.43. The molecule has 82 valence electrons. The molecule has 0 radical (unpaired) electrons. The van der Waals surface area contributed by atoms with Gasteiger partial charge in [0.2, 0.25) is 0 Å². The highest BCUT2D eigenvalue weighted by Gasteiger charge is 2.44. The molecule has 1 saturated carbocycles. The Balaban J connectivity index is 2.87. The first kappa shape index (κ1) is 11.7. The van der Waals surface area contributed by atoms with Crippen LogP contribution in [0.1, 0.15) is 60.3 Å². The molecule has 1 rings (SSSR count). The maximum atomic E-state index is 12.4. The van der Waals surface area contributed by atoms with Crippen LogP contribution >= 0.6 is 0 Å². The monoisotopic (exact) mass is 196 g/mol. The molecule has 2 atom stereocenters. The number of carbonyl (C=O) groups is 1. The van der Waals surface area contributed by atoms with E-state index in [1.807, 2.05) is 20.8 Å². The molecule has 1 aliphatic rings. The minimum Gasteiger partial charge on any atom is -0.298 e. The Morgan fingerprint density at radius 3 is 2.29 bits per heavy atom. The Kier molecular flexibility index (Phi) is 3.08. The molecule has 0 amide bonds. The van der Waals surface area contributed by atoms with E-state index >= 15 is 0 Å². The number of rotatable bonds is 1. The lowest BCUT2D eigenvalue weighted by molar-refractivity contribution is -0.140. The number of carbonyl (C=O) groups excluding carboxylic acids is 1. The van der Waals surface area contributed by atoms with Crippen molar-refractivity contribution in [1.82, 2.24) is 0 Å². The minimum absolute atomic E-state index is 0.0590. The third kappa shape index (κ3) is 2.02. The fraction of sp³-hybridized carbons (Fsp3) is 0.923. The van der Waals surface area contributed by atoms with Crippen molar-refractivity contribution in [3.8, 4) is 0 Å². The van der Waals surface area contributed by atoms with Crippen molar-refractivity contribution in [3.05, 3.63) is 0 Å². The van der Waals surface area contributed by atoms with Crippen LogP contribution in [0, 0.1) is 16.7 Å². The van der Waals surface area contributed by atoms with Gasteiger partial charge in [0.25, 0.3) is 0 Å². The van der Waals surface area contributed by atoms with Gasteiger partial charge in [0.15, 0.2) is 0 Å². The number of Topliss-reactive ketones (excluding diaryl/α,β-unsaturated/α-hetero) is 1. The molecule has 1 fully saturated rings. The molecule has 0 N–H and O–H groups in total. The first-order valence-corrected chi connectivity index (χ1v) is 5.83. The molecule has 1 aliphatic carbocycles. The maximum Gasteiger partial charge on any atom is 0.144 e. The van der Waals surface area contributed by atoms with Crippen molar-refractivity contribution < 1.29 is 4.79 Å². The van der Waals surface area contributed by atoms with Crippen LogP contribution in [0.15, 0.2) is 0 Å². The Labute approximate surface area is 88.3 Å². The second kappa shape index (κ2) is 3.67. The average molecular weight is 196 g/mol. The average Bonchev–Trinajstić information content (AvgIpc) is 2.07. The van der Waals surface area contributed by atoms with Crippen molar-refractivity contribution >= 4 is 5.78 Å².